The van der Waals surface area contributed by atoms with Crippen LogP contribution in [0.4, 0.5) is 6.01 Å². The van der Waals surface area contributed by atoms with E-state index < -0.39 is 0 Å². The van der Waals surface area contributed by atoms with Gasteiger partial charge in [0, 0.05) is 25.6 Å². The molecule has 0 spiro atoms. The first-order chi connectivity index (χ1) is 10.2. The molecule has 1 unspecified atom stereocenters. The van der Waals surface area contributed by atoms with E-state index in [1.165, 1.54) is 0 Å². The van der Waals surface area contributed by atoms with Gasteiger partial charge in [0.15, 0.2) is 0 Å². The second-order valence-corrected chi connectivity index (χ2v) is 5.55. The first-order valence-corrected chi connectivity index (χ1v) is 7.36. The van der Waals surface area contributed by atoms with Crippen molar-refractivity contribution in [2.45, 2.75) is 24.9 Å². The number of aromatic nitrogens is 2. The van der Waals surface area contributed by atoms with Gasteiger partial charge in [0.25, 0.3) is 0 Å². The number of carbonyl (C=O) groups excluding carboxylic acids is 1. The molecule has 1 aliphatic carbocycles. The number of nitrogens with zero attached hydrogens (tertiary/aromatic N) is 3. The zero-order valence-corrected chi connectivity index (χ0v) is 12.2. The molecule has 8 nitrogen and oxygen atoms in total. The largest absolute Gasteiger partial charge is 0.408 e. The third-order valence-electron chi connectivity index (χ3n) is 3.64. The highest BCUT2D eigenvalue weighted by Gasteiger charge is 2.29. The summed E-state index contributed by atoms with van der Waals surface area (Å²) in [4.78, 5) is 14.1. The van der Waals surface area contributed by atoms with Gasteiger partial charge >= 0.3 is 6.01 Å². The Kier molecular flexibility index (Phi) is 4.47. The van der Waals surface area contributed by atoms with Crippen LogP contribution in [0.2, 0.25) is 0 Å². The Morgan fingerprint density at radius 2 is 2.29 bits per heavy atom. The lowest BCUT2D eigenvalue weighted by atomic mass is 10.2. The lowest BCUT2D eigenvalue weighted by Crippen LogP contribution is -2.48. The Hall–Kier alpha value is -1.51. The summed E-state index contributed by atoms with van der Waals surface area (Å²) in [6, 6.07) is 0.196. The summed E-state index contributed by atoms with van der Waals surface area (Å²) >= 11 is 0. The minimum Gasteiger partial charge on any atom is -0.408 e. The summed E-state index contributed by atoms with van der Waals surface area (Å²) in [7, 11) is 1.89. The predicted octanol–water partition coefficient (Wildman–Crippen LogP) is -0.194. The van der Waals surface area contributed by atoms with Crippen LogP contribution < -0.4 is 10.6 Å². The van der Waals surface area contributed by atoms with Crippen molar-refractivity contribution >= 4 is 11.9 Å². The molecular formula is C13H21N5O3. The number of hydrogen-bond donors (Lipinski definition) is 2. The van der Waals surface area contributed by atoms with Crippen molar-refractivity contribution in [3.63, 3.8) is 0 Å². The number of rotatable bonds is 6. The van der Waals surface area contributed by atoms with Crippen LogP contribution in [0.5, 0.6) is 0 Å². The van der Waals surface area contributed by atoms with Crippen molar-refractivity contribution in [3.05, 3.63) is 5.89 Å². The molecule has 1 aliphatic heterocycles. The molecule has 1 saturated carbocycles. The highest BCUT2D eigenvalue weighted by molar-refractivity contribution is 5.90. The molecule has 1 aromatic heterocycles. The molecule has 8 heteroatoms. The van der Waals surface area contributed by atoms with Gasteiger partial charge in [0.2, 0.25) is 11.8 Å². The second kappa shape index (κ2) is 6.50. The van der Waals surface area contributed by atoms with Gasteiger partial charge in [0.05, 0.1) is 19.3 Å². The van der Waals surface area contributed by atoms with E-state index in [4.69, 9.17) is 9.15 Å². The summed E-state index contributed by atoms with van der Waals surface area (Å²) < 4.78 is 11.0. The van der Waals surface area contributed by atoms with Crippen LogP contribution in [-0.4, -0.2) is 66.9 Å². The SMILES string of the molecule is CNCC1CN(CC(=O)Nc2nnc(C3CC3)o2)CCO1. The van der Waals surface area contributed by atoms with E-state index in [2.05, 4.69) is 25.7 Å². The molecule has 2 heterocycles. The highest BCUT2D eigenvalue weighted by Crippen LogP contribution is 2.39. The molecule has 2 fully saturated rings. The zero-order chi connectivity index (χ0) is 14.7. The molecular weight excluding hydrogens is 274 g/mol. The maximum absolute atomic E-state index is 12.0. The maximum Gasteiger partial charge on any atom is 0.322 e. The number of morpholine rings is 1. The van der Waals surface area contributed by atoms with E-state index in [0.717, 1.165) is 32.5 Å². The van der Waals surface area contributed by atoms with E-state index in [-0.39, 0.29) is 18.0 Å². The van der Waals surface area contributed by atoms with Crippen LogP contribution in [0.1, 0.15) is 24.7 Å². The molecule has 1 atom stereocenters. The van der Waals surface area contributed by atoms with Crippen LogP contribution in [0.25, 0.3) is 0 Å². The molecule has 0 bridgehead atoms. The lowest BCUT2D eigenvalue weighted by molar-refractivity contribution is -0.119. The topological polar surface area (TPSA) is 92.5 Å². The Bertz CT molecular complexity index is 486. The third-order valence-corrected chi connectivity index (χ3v) is 3.64. The number of carbonyl (C=O) groups is 1. The van der Waals surface area contributed by atoms with Gasteiger partial charge in [0.1, 0.15) is 0 Å². The molecule has 116 valence electrons. The Balaban J connectivity index is 1.46. The molecule has 21 heavy (non-hydrogen) atoms. The first kappa shape index (κ1) is 14.4. The van der Waals surface area contributed by atoms with Gasteiger partial charge in [-0.15, -0.1) is 5.10 Å². The average Bonchev–Trinajstić information content (AvgIpc) is 3.20. The van der Waals surface area contributed by atoms with Crippen LogP contribution in [0.15, 0.2) is 4.42 Å². The number of hydrogen-bond acceptors (Lipinski definition) is 7. The molecule has 1 saturated heterocycles. The van der Waals surface area contributed by atoms with E-state index in [1.807, 2.05) is 7.05 Å². The average molecular weight is 295 g/mol. The Morgan fingerprint density at radius 1 is 1.43 bits per heavy atom. The normalized spacial score (nSPS) is 23.2. The van der Waals surface area contributed by atoms with Gasteiger partial charge in [-0.3, -0.25) is 15.0 Å². The maximum atomic E-state index is 12.0. The van der Waals surface area contributed by atoms with Gasteiger partial charge in [-0.1, -0.05) is 5.10 Å². The molecule has 2 aliphatic rings. The van der Waals surface area contributed by atoms with Crippen molar-refractivity contribution in [2.75, 3.05) is 45.2 Å². The summed E-state index contributed by atoms with van der Waals surface area (Å²) in [5.41, 5.74) is 0. The van der Waals surface area contributed by atoms with E-state index in [1.54, 1.807) is 0 Å². The molecule has 0 radical (unpaired) electrons. The van der Waals surface area contributed by atoms with Gasteiger partial charge in [-0.2, -0.15) is 0 Å². The number of ether oxygens (including phenoxy) is 1. The fourth-order valence-corrected chi connectivity index (χ4v) is 2.42. The van der Waals surface area contributed by atoms with Crippen molar-refractivity contribution in [2.24, 2.45) is 0 Å². The summed E-state index contributed by atoms with van der Waals surface area (Å²) in [6.07, 6.45) is 2.31. The van der Waals surface area contributed by atoms with Crippen molar-refractivity contribution in [1.29, 1.82) is 0 Å². The van der Waals surface area contributed by atoms with Crippen molar-refractivity contribution in [3.8, 4) is 0 Å². The minimum absolute atomic E-state index is 0.126. The van der Waals surface area contributed by atoms with Crippen LogP contribution >= 0.6 is 0 Å². The number of likely N-dealkylation sites (N-methyl/N-ethyl adjacent to an activating group) is 1. The van der Waals surface area contributed by atoms with Gasteiger partial charge in [-0.05, 0) is 19.9 Å². The van der Waals surface area contributed by atoms with Crippen LogP contribution in [0.3, 0.4) is 0 Å². The fourth-order valence-electron chi connectivity index (χ4n) is 2.42. The fraction of sp³-hybridized carbons (Fsp3) is 0.769. The van der Waals surface area contributed by atoms with E-state index in [0.29, 0.717) is 25.0 Å². The zero-order valence-electron chi connectivity index (χ0n) is 12.2. The monoisotopic (exact) mass is 295 g/mol. The van der Waals surface area contributed by atoms with E-state index >= 15 is 0 Å². The smallest absolute Gasteiger partial charge is 0.322 e. The van der Waals surface area contributed by atoms with Gasteiger partial charge in [-0.25, -0.2) is 0 Å². The van der Waals surface area contributed by atoms with Gasteiger partial charge < -0.3 is 14.5 Å². The van der Waals surface area contributed by atoms with Crippen LogP contribution in [-0.2, 0) is 9.53 Å². The number of nitrogens with one attached hydrogen (secondary N) is 2. The number of amides is 1. The molecule has 1 amide bonds. The highest BCUT2D eigenvalue weighted by atomic mass is 16.5. The predicted molar refractivity (Wildman–Crippen MR) is 75.0 cm³/mol. The van der Waals surface area contributed by atoms with E-state index in [9.17, 15) is 4.79 Å². The standard InChI is InChI=1S/C13H21N5O3/c1-14-6-10-7-18(4-5-20-10)8-11(19)15-13-17-16-12(21-13)9-2-3-9/h9-10,14H,2-8H2,1H3,(H,15,17,19). The minimum atomic E-state index is -0.133. The lowest BCUT2D eigenvalue weighted by Gasteiger charge is -2.32. The third kappa shape index (κ3) is 3.99. The molecule has 2 N–H and O–H groups in total. The Morgan fingerprint density at radius 3 is 3.05 bits per heavy atom. The molecule has 3 rings (SSSR count). The first-order valence-electron chi connectivity index (χ1n) is 7.36. The van der Waals surface area contributed by atoms with Crippen molar-refractivity contribution in [1.82, 2.24) is 20.4 Å². The summed E-state index contributed by atoms with van der Waals surface area (Å²) in [5.74, 6) is 0.890. The Labute approximate surface area is 123 Å². The second-order valence-electron chi connectivity index (χ2n) is 5.55. The van der Waals surface area contributed by atoms with Crippen LogP contribution in [0, 0.1) is 0 Å². The summed E-state index contributed by atoms with van der Waals surface area (Å²) in [6.45, 7) is 3.24. The quantitative estimate of drug-likeness (QED) is 0.751. The number of anilines is 1. The van der Waals surface area contributed by atoms with Crippen molar-refractivity contribution < 1.29 is 13.9 Å². The molecule has 1 aromatic rings. The molecule has 0 aromatic carbocycles. The summed E-state index contributed by atoms with van der Waals surface area (Å²) in [5, 5.41) is 13.5.